The minimum atomic E-state index is 0.00785. The van der Waals surface area contributed by atoms with Gasteiger partial charge in [-0.1, -0.05) is 34.1 Å². The number of likely N-dealkylation sites (N-methyl/N-ethyl adjacent to an activating group) is 1. The highest BCUT2D eigenvalue weighted by molar-refractivity contribution is 5.84. The zero-order valence-electron chi connectivity index (χ0n) is 12.6. The molecule has 0 aromatic rings. The molecule has 2 unspecified atom stereocenters. The zero-order chi connectivity index (χ0) is 13.7. The summed E-state index contributed by atoms with van der Waals surface area (Å²) in [6.45, 7) is 11.4. The smallest absolute Gasteiger partial charge is 0.241 e. The van der Waals surface area contributed by atoms with E-state index in [0.717, 1.165) is 32.5 Å². The first-order chi connectivity index (χ1) is 8.51. The minimum absolute atomic E-state index is 0.00785. The third-order valence-electron chi connectivity index (χ3n) is 3.79. The Morgan fingerprint density at radius 3 is 2.56 bits per heavy atom. The van der Waals surface area contributed by atoms with Gasteiger partial charge in [0.05, 0.1) is 12.2 Å². The third kappa shape index (κ3) is 3.69. The van der Waals surface area contributed by atoms with Gasteiger partial charge in [0.2, 0.25) is 5.91 Å². The van der Waals surface area contributed by atoms with Crippen LogP contribution in [-0.2, 0) is 4.79 Å². The van der Waals surface area contributed by atoms with Gasteiger partial charge in [-0.15, -0.1) is 0 Å². The fourth-order valence-corrected chi connectivity index (χ4v) is 2.39. The Kier molecular flexibility index (Phi) is 6.09. The van der Waals surface area contributed by atoms with E-state index >= 15 is 0 Å². The van der Waals surface area contributed by atoms with Crippen LogP contribution in [0.25, 0.3) is 0 Å². The van der Waals surface area contributed by atoms with Crippen LogP contribution in [0.4, 0.5) is 0 Å². The highest BCUT2D eigenvalue weighted by Gasteiger charge is 2.39. The van der Waals surface area contributed by atoms with E-state index in [4.69, 9.17) is 0 Å². The lowest BCUT2D eigenvalue weighted by atomic mass is 10.1. The van der Waals surface area contributed by atoms with Crippen LogP contribution in [0.3, 0.4) is 0 Å². The van der Waals surface area contributed by atoms with E-state index in [1.54, 1.807) is 0 Å². The summed E-state index contributed by atoms with van der Waals surface area (Å²) >= 11 is 0. The number of nitrogens with zero attached hydrogens (tertiary/aromatic N) is 2. The van der Waals surface area contributed by atoms with Gasteiger partial charge in [0.1, 0.15) is 0 Å². The van der Waals surface area contributed by atoms with Crippen LogP contribution < -0.4 is 5.32 Å². The van der Waals surface area contributed by atoms with Crippen molar-refractivity contribution in [2.24, 2.45) is 5.92 Å². The molecule has 4 heteroatoms. The van der Waals surface area contributed by atoms with Gasteiger partial charge in [0, 0.05) is 13.1 Å². The summed E-state index contributed by atoms with van der Waals surface area (Å²) in [5.41, 5.74) is 0. The quantitative estimate of drug-likeness (QED) is 0.749. The molecule has 1 fully saturated rings. The molecule has 0 radical (unpaired) electrons. The minimum Gasteiger partial charge on any atom is -0.325 e. The topological polar surface area (TPSA) is 35.6 Å². The summed E-state index contributed by atoms with van der Waals surface area (Å²) in [5.74, 6) is 0.652. The molecule has 1 N–H and O–H groups in total. The van der Waals surface area contributed by atoms with E-state index in [-0.39, 0.29) is 18.1 Å². The first-order valence-electron chi connectivity index (χ1n) is 7.26. The Hall–Kier alpha value is -0.610. The molecular formula is C14H29N3O. The summed E-state index contributed by atoms with van der Waals surface area (Å²) in [6.07, 6.45) is 2.39. The summed E-state index contributed by atoms with van der Waals surface area (Å²) in [5, 5.41) is 3.49. The van der Waals surface area contributed by atoms with Crippen molar-refractivity contribution in [2.45, 2.75) is 52.7 Å². The molecule has 0 aliphatic carbocycles. The lowest BCUT2D eigenvalue weighted by Crippen LogP contribution is -2.41. The molecule has 0 saturated carbocycles. The molecule has 0 aromatic heterocycles. The Labute approximate surface area is 112 Å². The average Bonchev–Trinajstić information content (AvgIpc) is 2.64. The van der Waals surface area contributed by atoms with E-state index < -0.39 is 0 Å². The Bertz CT molecular complexity index is 268. The van der Waals surface area contributed by atoms with Gasteiger partial charge in [0.15, 0.2) is 0 Å². The van der Waals surface area contributed by atoms with E-state index in [0.29, 0.717) is 5.92 Å². The molecule has 4 nitrogen and oxygen atoms in total. The number of carbonyl (C=O) groups is 1. The molecule has 1 rings (SSSR count). The van der Waals surface area contributed by atoms with Gasteiger partial charge >= 0.3 is 0 Å². The molecule has 0 aromatic carbocycles. The van der Waals surface area contributed by atoms with Gasteiger partial charge in [-0.25, -0.2) is 0 Å². The molecular weight excluding hydrogens is 226 g/mol. The van der Waals surface area contributed by atoms with Crippen LogP contribution in [0, 0.1) is 5.92 Å². The summed E-state index contributed by atoms with van der Waals surface area (Å²) in [6, 6.07) is 0.00785. The van der Waals surface area contributed by atoms with Crippen molar-refractivity contribution in [2.75, 3.05) is 26.7 Å². The SMILES string of the molecule is CCCC1NC(C(C)C)C(=O)N1CCN(C)CC. The molecule has 0 bridgehead atoms. The van der Waals surface area contributed by atoms with Crippen LogP contribution in [0.1, 0.15) is 40.5 Å². The van der Waals surface area contributed by atoms with Crippen molar-refractivity contribution >= 4 is 5.91 Å². The Morgan fingerprint density at radius 2 is 2.06 bits per heavy atom. The highest BCUT2D eigenvalue weighted by atomic mass is 16.2. The van der Waals surface area contributed by atoms with E-state index in [9.17, 15) is 4.79 Å². The molecule has 18 heavy (non-hydrogen) atoms. The van der Waals surface area contributed by atoms with Gasteiger partial charge < -0.3 is 9.80 Å². The van der Waals surface area contributed by atoms with Crippen molar-refractivity contribution in [3.05, 3.63) is 0 Å². The lowest BCUT2D eigenvalue weighted by molar-refractivity contribution is -0.131. The molecule has 1 aliphatic rings. The highest BCUT2D eigenvalue weighted by Crippen LogP contribution is 2.19. The van der Waals surface area contributed by atoms with E-state index in [2.05, 4.69) is 45.0 Å². The molecule has 106 valence electrons. The number of rotatable bonds is 7. The maximum absolute atomic E-state index is 12.4. The van der Waals surface area contributed by atoms with Crippen LogP contribution in [0.5, 0.6) is 0 Å². The van der Waals surface area contributed by atoms with Crippen molar-refractivity contribution in [1.82, 2.24) is 15.1 Å². The standard InChI is InChI=1S/C14H29N3O/c1-6-8-12-15-13(11(3)4)14(18)17(12)10-9-16(5)7-2/h11-13,15H,6-10H2,1-5H3. The normalized spacial score (nSPS) is 24.6. The number of hydrogen-bond donors (Lipinski definition) is 1. The van der Waals surface area contributed by atoms with Crippen molar-refractivity contribution in [1.29, 1.82) is 0 Å². The number of nitrogens with one attached hydrogen (secondary N) is 1. The molecule has 0 spiro atoms. The molecule has 1 amide bonds. The first-order valence-corrected chi connectivity index (χ1v) is 7.26. The molecule has 1 aliphatic heterocycles. The van der Waals surface area contributed by atoms with E-state index in [1.807, 2.05) is 4.90 Å². The van der Waals surface area contributed by atoms with Crippen LogP contribution in [0.15, 0.2) is 0 Å². The van der Waals surface area contributed by atoms with E-state index in [1.165, 1.54) is 0 Å². The van der Waals surface area contributed by atoms with Crippen molar-refractivity contribution in [3.63, 3.8) is 0 Å². The molecule has 1 saturated heterocycles. The second-order valence-electron chi connectivity index (χ2n) is 5.62. The second kappa shape index (κ2) is 7.10. The Morgan fingerprint density at radius 1 is 1.39 bits per heavy atom. The summed E-state index contributed by atoms with van der Waals surface area (Å²) in [7, 11) is 2.10. The van der Waals surface area contributed by atoms with Gasteiger partial charge in [-0.2, -0.15) is 0 Å². The van der Waals surface area contributed by atoms with Gasteiger partial charge in [-0.05, 0) is 25.9 Å². The van der Waals surface area contributed by atoms with Crippen molar-refractivity contribution in [3.8, 4) is 0 Å². The molecule has 2 atom stereocenters. The maximum atomic E-state index is 12.4. The predicted octanol–water partition coefficient (Wildman–Crippen LogP) is 1.52. The number of amides is 1. The lowest BCUT2D eigenvalue weighted by Gasteiger charge is -2.26. The first kappa shape index (κ1) is 15.4. The number of hydrogen-bond acceptors (Lipinski definition) is 3. The van der Waals surface area contributed by atoms with Gasteiger partial charge in [0.25, 0.3) is 0 Å². The van der Waals surface area contributed by atoms with Crippen molar-refractivity contribution < 1.29 is 4.79 Å². The summed E-state index contributed by atoms with van der Waals surface area (Å²) in [4.78, 5) is 16.7. The average molecular weight is 255 g/mol. The Balaban J connectivity index is 2.62. The van der Waals surface area contributed by atoms with Crippen LogP contribution in [0.2, 0.25) is 0 Å². The fraction of sp³-hybridized carbons (Fsp3) is 0.929. The molecule has 1 heterocycles. The number of carbonyl (C=O) groups excluding carboxylic acids is 1. The van der Waals surface area contributed by atoms with Crippen LogP contribution >= 0.6 is 0 Å². The third-order valence-corrected chi connectivity index (χ3v) is 3.79. The van der Waals surface area contributed by atoms with Gasteiger partial charge in [-0.3, -0.25) is 10.1 Å². The summed E-state index contributed by atoms with van der Waals surface area (Å²) < 4.78 is 0. The van der Waals surface area contributed by atoms with Crippen LogP contribution in [-0.4, -0.2) is 54.6 Å². The monoisotopic (exact) mass is 255 g/mol. The predicted molar refractivity (Wildman–Crippen MR) is 75.3 cm³/mol. The maximum Gasteiger partial charge on any atom is 0.241 e. The fourth-order valence-electron chi connectivity index (χ4n) is 2.39. The largest absolute Gasteiger partial charge is 0.325 e. The second-order valence-corrected chi connectivity index (χ2v) is 5.62. The zero-order valence-corrected chi connectivity index (χ0v) is 12.6.